The van der Waals surface area contributed by atoms with E-state index in [1.807, 2.05) is 6.92 Å². The lowest BCUT2D eigenvalue weighted by molar-refractivity contribution is -0.121. The number of aromatic nitrogens is 2. The molecule has 5 rings (SSSR count). The van der Waals surface area contributed by atoms with E-state index in [1.165, 1.54) is 33.4 Å². The quantitative estimate of drug-likeness (QED) is 0.494. The summed E-state index contributed by atoms with van der Waals surface area (Å²) < 4.78 is 0. The number of thioether (sulfide) groups is 1. The first-order chi connectivity index (χ1) is 13.7. The molecule has 0 saturated heterocycles. The molecular formula is C22H23N3OS2. The van der Waals surface area contributed by atoms with Gasteiger partial charge in [-0.1, -0.05) is 36.0 Å². The standard InChI is InChI=1S/C22H23N3OS2/c1-13(20(26)25-17-10-4-7-14-6-2-3-8-15(14)17)27-21-19-16-9-5-11-18(16)28-22(19)24-12-23-21/h2-3,6,8,12-13,17H,4-5,7,9-11H2,1H3,(H,25,26)/t13-,17+/m1/s1. The van der Waals surface area contributed by atoms with E-state index in [-0.39, 0.29) is 17.2 Å². The number of rotatable bonds is 4. The smallest absolute Gasteiger partial charge is 0.233 e. The van der Waals surface area contributed by atoms with Crippen LogP contribution in [0.15, 0.2) is 35.6 Å². The maximum Gasteiger partial charge on any atom is 0.233 e. The number of aryl methyl sites for hydroxylation is 3. The minimum atomic E-state index is -0.191. The second kappa shape index (κ2) is 7.48. The van der Waals surface area contributed by atoms with Gasteiger partial charge in [-0.3, -0.25) is 4.79 Å². The Balaban J connectivity index is 1.35. The Morgan fingerprint density at radius 2 is 2.11 bits per heavy atom. The first-order valence-corrected chi connectivity index (χ1v) is 11.7. The number of benzene rings is 1. The molecule has 28 heavy (non-hydrogen) atoms. The van der Waals surface area contributed by atoms with Crippen molar-refractivity contribution in [1.29, 1.82) is 0 Å². The molecule has 0 saturated carbocycles. The molecule has 0 fully saturated rings. The number of carbonyl (C=O) groups is 1. The van der Waals surface area contributed by atoms with Gasteiger partial charge in [0.15, 0.2) is 0 Å². The largest absolute Gasteiger partial charge is 0.348 e. The Morgan fingerprint density at radius 3 is 3.04 bits per heavy atom. The lowest BCUT2D eigenvalue weighted by Crippen LogP contribution is -2.35. The summed E-state index contributed by atoms with van der Waals surface area (Å²) in [6, 6.07) is 8.61. The highest BCUT2D eigenvalue weighted by Gasteiger charge is 2.26. The Hall–Kier alpha value is -1.92. The van der Waals surface area contributed by atoms with Gasteiger partial charge in [-0.25, -0.2) is 9.97 Å². The van der Waals surface area contributed by atoms with Crippen molar-refractivity contribution in [2.24, 2.45) is 0 Å². The molecule has 2 atom stereocenters. The van der Waals surface area contributed by atoms with Crippen LogP contribution in [0.1, 0.15) is 53.8 Å². The lowest BCUT2D eigenvalue weighted by atomic mass is 9.88. The SMILES string of the molecule is C[C@@H](Sc1ncnc2sc3c(c12)CCC3)C(=O)N[C@H]1CCCc2ccccc21. The molecule has 0 spiro atoms. The fourth-order valence-corrected chi connectivity index (χ4v) is 6.65. The molecule has 1 amide bonds. The number of hydrogen-bond donors (Lipinski definition) is 1. The van der Waals surface area contributed by atoms with Crippen LogP contribution in [-0.4, -0.2) is 21.1 Å². The average Bonchev–Trinajstić information content (AvgIpc) is 3.29. The van der Waals surface area contributed by atoms with Crippen molar-refractivity contribution in [2.75, 3.05) is 0 Å². The average molecular weight is 410 g/mol. The molecule has 1 N–H and O–H groups in total. The van der Waals surface area contributed by atoms with E-state index < -0.39 is 0 Å². The lowest BCUT2D eigenvalue weighted by Gasteiger charge is -2.27. The highest BCUT2D eigenvalue weighted by atomic mass is 32.2. The van der Waals surface area contributed by atoms with Gasteiger partial charge < -0.3 is 5.32 Å². The van der Waals surface area contributed by atoms with Crippen LogP contribution in [0, 0.1) is 0 Å². The second-order valence-corrected chi connectivity index (χ2v) is 10.0. The number of carbonyl (C=O) groups excluding carboxylic acids is 1. The molecule has 2 heterocycles. The van der Waals surface area contributed by atoms with E-state index in [4.69, 9.17) is 0 Å². The molecular weight excluding hydrogens is 386 g/mol. The Labute approximate surface area is 173 Å². The number of nitrogens with zero attached hydrogens (tertiary/aromatic N) is 2. The predicted molar refractivity (Wildman–Crippen MR) is 115 cm³/mol. The molecule has 6 heteroatoms. The van der Waals surface area contributed by atoms with E-state index in [0.717, 1.165) is 42.0 Å². The van der Waals surface area contributed by atoms with Crippen LogP contribution < -0.4 is 5.32 Å². The monoisotopic (exact) mass is 409 g/mol. The van der Waals surface area contributed by atoms with E-state index in [2.05, 4.69) is 39.6 Å². The Bertz CT molecular complexity index is 1050. The highest BCUT2D eigenvalue weighted by Crippen LogP contribution is 2.41. The molecule has 0 unspecified atom stereocenters. The van der Waals surface area contributed by atoms with Gasteiger partial charge in [0.05, 0.1) is 11.3 Å². The van der Waals surface area contributed by atoms with Crippen molar-refractivity contribution < 1.29 is 4.79 Å². The van der Waals surface area contributed by atoms with Crippen molar-refractivity contribution in [1.82, 2.24) is 15.3 Å². The van der Waals surface area contributed by atoms with E-state index >= 15 is 0 Å². The summed E-state index contributed by atoms with van der Waals surface area (Å²) in [6.07, 6.45) is 8.35. The van der Waals surface area contributed by atoms with Crippen molar-refractivity contribution in [2.45, 2.75) is 61.8 Å². The third-order valence-corrected chi connectivity index (χ3v) is 8.11. The molecule has 2 aliphatic carbocycles. The second-order valence-electron chi connectivity index (χ2n) is 7.63. The van der Waals surface area contributed by atoms with Crippen molar-refractivity contribution in [3.63, 3.8) is 0 Å². The topological polar surface area (TPSA) is 54.9 Å². The fraction of sp³-hybridized carbons (Fsp3) is 0.409. The molecule has 0 bridgehead atoms. The zero-order chi connectivity index (χ0) is 19.1. The van der Waals surface area contributed by atoms with Crippen molar-refractivity contribution in [3.05, 3.63) is 52.2 Å². The summed E-state index contributed by atoms with van der Waals surface area (Å²) >= 11 is 3.36. The molecule has 1 aromatic carbocycles. The summed E-state index contributed by atoms with van der Waals surface area (Å²) in [5.74, 6) is 0.0883. The van der Waals surface area contributed by atoms with Crippen LogP contribution in [0.2, 0.25) is 0 Å². The van der Waals surface area contributed by atoms with Gasteiger partial charge in [0.2, 0.25) is 5.91 Å². The highest BCUT2D eigenvalue weighted by molar-refractivity contribution is 8.00. The molecule has 0 aliphatic heterocycles. The van der Waals surface area contributed by atoms with Crippen LogP contribution in [0.4, 0.5) is 0 Å². The molecule has 144 valence electrons. The van der Waals surface area contributed by atoms with Crippen LogP contribution in [0.25, 0.3) is 10.2 Å². The number of nitrogens with one attached hydrogen (secondary N) is 1. The Kier molecular flexibility index (Phi) is 4.85. The van der Waals surface area contributed by atoms with Gasteiger partial charge >= 0.3 is 0 Å². The van der Waals surface area contributed by atoms with Gasteiger partial charge in [0.1, 0.15) is 16.2 Å². The number of fused-ring (bicyclic) bond motifs is 4. The number of hydrogen-bond acceptors (Lipinski definition) is 5. The molecule has 2 aliphatic rings. The summed E-state index contributed by atoms with van der Waals surface area (Å²) in [7, 11) is 0. The minimum absolute atomic E-state index is 0.0883. The summed E-state index contributed by atoms with van der Waals surface area (Å²) in [6.45, 7) is 1.98. The van der Waals surface area contributed by atoms with Gasteiger partial charge in [-0.2, -0.15) is 0 Å². The van der Waals surface area contributed by atoms with Crippen molar-refractivity contribution in [3.8, 4) is 0 Å². The van der Waals surface area contributed by atoms with Gasteiger partial charge in [0, 0.05) is 10.3 Å². The van der Waals surface area contributed by atoms with E-state index in [9.17, 15) is 4.79 Å². The van der Waals surface area contributed by atoms with Gasteiger partial charge in [-0.05, 0) is 62.1 Å². The summed E-state index contributed by atoms with van der Waals surface area (Å²) in [4.78, 5) is 24.5. The van der Waals surface area contributed by atoms with Crippen LogP contribution in [0.3, 0.4) is 0 Å². The molecule has 4 nitrogen and oxygen atoms in total. The zero-order valence-electron chi connectivity index (χ0n) is 15.9. The molecule has 0 radical (unpaired) electrons. The van der Waals surface area contributed by atoms with Gasteiger partial charge in [-0.15, -0.1) is 11.3 Å². The van der Waals surface area contributed by atoms with Crippen LogP contribution in [-0.2, 0) is 24.1 Å². The molecule has 2 aromatic heterocycles. The predicted octanol–water partition coefficient (Wildman–Crippen LogP) is 4.85. The number of amides is 1. The third-order valence-electron chi connectivity index (χ3n) is 5.81. The fourth-order valence-electron chi connectivity index (χ4n) is 4.40. The zero-order valence-corrected chi connectivity index (χ0v) is 17.5. The first kappa shape index (κ1) is 18.1. The minimum Gasteiger partial charge on any atom is -0.348 e. The van der Waals surface area contributed by atoms with Gasteiger partial charge in [0.25, 0.3) is 0 Å². The van der Waals surface area contributed by atoms with Crippen LogP contribution >= 0.6 is 23.1 Å². The summed E-state index contributed by atoms with van der Waals surface area (Å²) in [5, 5.41) is 5.24. The molecule has 3 aromatic rings. The summed E-state index contributed by atoms with van der Waals surface area (Å²) in [5.41, 5.74) is 4.06. The third kappa shape index (κ3) is 3.22. The normalized spacial score (nSPS) is 19.2. The van der Waals surface area contributed by atoms with Crippen molar-refractivity contribution >= 4 is 39.2 Å². The van der Waals surface area contributed by atoms with E-state index in [1.54, 1.807) is 29.4 Å². The Morgan fingerprint density at radius 1 is 1.21 bits per heavy atom. The van der Waals surface area contributed by atoms with E-state index in [0.29, 0.717) is 0 Å². The maximum atomic E-state index is 13.0. The number of thiophene rings is 1. The van der Waals surface area contributed by atoms with Crippen LogP contribution in [0.5, 0.6) is 0 Å². The maximum absolute atomic E-state index is 13.0. The first-order valence-electron chi connectivity index (χ1n) is 10.0.